The molecule has 1 aliphatic rings. The molecule has 1 heterocycles. The third kappa shape index (κ3) is 4.89. The molecule has 156 valence electrons. The monoisotopic (exact) mass is 396 g/mol. The van der Waals surface area contributed by atoms with Crippen LogP contribution in [0.4, 0.5) is 0 Å². The summed E-state index contributed by atoms with van der Waals surface area (Å²) in [5.41, 5.74) is 3.66. The molecule has 1 saturated carbocycles. The van der Waals surface area contributed by atoms with Gasteiger partial charge in [0.15, 0.2) is 0 Å². The zero-order valence-corrected chi connectivity index (χ0v) is 17.8. The van der Waals surface area contributed by atoms with Gasteiger partial charge in [-0.15, -0.1) is 0 Å². The van der Waals surface area contributed by atoms with Crippen molar-refractivity contribution in [3.63, 3.8) is 0 Å². The number of hydrogen-bond acceptors (Lipinski definition) is 3. The first-order valence-corrected chi connectivity index (χ1v) is 10.7. The highest BCUT2D eigenvalue weighted by molar-refractivity contribution is 6.01. The van der Waals surface area contributed by atoms with Gasteiger partial charge in [0.25, 0.3) is 5.91 Å². The van der Waals surface area contributed by atoms with E-state index in [9.17, 15) is 9.59 Å². The van der Waals surface area contributed by atoms with Crippen molar-refractivity contribution in [2.24, 2.45) is 0 Å². The third-order valence-electron chi connectivity index (χ3n) is 5.84. The van der Waals surface area contributed by atoms with Crippen molar-refractivity contribution in [2.45, 2.75) is 71.9 Å². The fourth-order valence-corrected chi connectivity index (χ4v) is 4.34. The van der Waals surface area contributed by atoms with Crippen molar-refractivity contribution in [3.8, 4) is 0 Å². The molecule has 1 aromatic heterocycles. The van der Waals surface area contributed by atoms with Crippen molar-refractivity contribution in [1.29, 1.82) is 0 Å². The van der Waals surface area contributed by atoms with Gasteiger partial charge >= 0.3 is 5.97 Å². The molecule has 0 atom stereocenters. The van der Waals surface area contributed by atoms with Gasteiger partial charge < -0.3 is 14.6 Å². The van der Waals surface area contributed by atoms with Crippen LogP contribution in [-0.2, 0) is 11.3 Å². The second-order valence-electron chi connectivity index (χ2n) is 7.89. The molecule has 5 heteroatoms. The Kier molecular flexibility index (Phi) is 7.13. The molecule has 1 amide bonds. The summed E-state index contributed by atoms with van der Waals surface area (Å²) in [6.45, 7) is 6.39. The van der Waals surface area contributed by atoms with Crippen molar-refractivity contribution < 1.29 is 14.3 Å². The Labute approximate surface area is 173 Å². The number of hydrogen-bond donors (Lipinski definition) is 1. The van der Waals surface area contributed by atoms with Crippen LogP contribution in [0.1, 0.15) is 83.1 Å². The Morgan fingerprint density at radius 3 is 2.34 bits per heavy atom. The molecule has 2 aromatic rings. The van der Waals surface area contributed by atoms with Gasteiger partial charge in [0.1, 0.15) is 5.69 Å². The number of aromatic nitrogens is 1. The highest BCUT2D eigenvalue weighted by Gasteiger charge is 2.28. The number of ether oxygens (including phenoxy) is 1. The van der Waals surface area contributed by atoms with Crippen LogP contribution in [-0.4, -0.2) is 29.1 Å². The predicted octanol–water partition coefficient (Wildman–Crippen LogP) is 4.78. The van der Waals surface area contributed by atoms with Crippen LogP contribution < -0.4 is 5.32 Å². The number of benzene rings is 1. The Morgan fingerprint density at radius 1 is 1.07 bits per heavy atom. The summed E-state index contributed by atoms with van der Waals surface area (Å²) in [5, 5.41) is 3.23. The lowest BCUT2D eigenvalue weighted by molar-refractivity contribution is 0.0513. The first-order valence-electron chi connectivity index (χ1n) is 10.7. The summed E-state index contributed by atoms with van der Waals surface area (Å²) in [6, 6.07) is 10.2. The average Bonchev–Trinajstić information content (AvgIpc) is 2.85. The largest absolute Gasteiger partial charge is 0.461 e. The minimum Gasteiger partial charge on any atom is -0.461 e. The van der Waals surface area contributed by atoms with Gasteiger partial charge in [0, 0.05) is 18.3 Å². The molecular weight excluding hydrogens is 364 g/mol. The van der Waals surface area contributed by atoms with E-state index in [0.717, 1.165) is 36.9 Å². The zero-order chi connectivity index (χ0) is 20.8. The van der Waals surface area contributed by atoms with Crippen molar-refractivity contribution >= 4 is 11.9 Å². The van der Waals surface area contributed by atoms with Crippen molar-refractivity contribution in [3.05, 3.63) is 58.4 Å². The van der Waals surface area contributed by atoms with Crippen molar-refractivity contribution in [2.75, 3.05) is 6.61 Å². The van der Waals surface area contributed by atoms with E-state index in [-0.39, 0.29) is 17.9 Å². The van der Waals surface area contributed by atoms with E-state index in [1.807, 2.05) is 48.7 Å². The maximum absolute atomic E-state index is 13.2. The normalized spacial score (nSPS) is 15.0. The predicted molar refractivity (Wildman–Crippen MR) is 114 cm³/mol. The Bertz CT molecular complexity index is 847. The standard InChI is InChI=1S/C24H32N2O3/c1-4-29-24(28)22-17(2)21(23(27)25-20-14-10-5-6-11-15-20)18(3)26(22)16-19-12-8-7-9-13-19/h7-9,12-13,20H,4-6,10-11,14-16H2,1-3H3,(H,25,27). The lowest BCUT2D eigenvalue weighted by Gasteiger charge is -2.16. The first-order chi connectivity index (χ1) is 14.0. The van der Waals surface area contributed by atoms with Crippen LogP contribution in [0.3, 0.4) is 0 Å². The summed E-state index contributed by atoms with van der Waals surface area (Å²) in [4.78, 5) is 25.9. The van der Waals surface area contributed by atoms with E-state index >= 15 is 0 Å². The molecule has 0 saturated heterocycles. The third-order valence-corrected chi connectivity index (χ3v) is 5.84. The summed E-state index contributed by atoms with van der Waals surface area (Å²) >= 11 is 0. The number of carbonyl (C=O) groups excluding carboxylic acids is 2. The van der Waals surface area contributed by atoms with Gasteiger partial charge in [-0.3, -0.25) is 4.79 Å². The van der Waals surface area contributed by atoms with Crippen LogP contribution in [0.2, 0.25) is 0 Å². The number of esters is 1. The summed E-state index contributed by atoms with van der Waals surface area (Å²) in [5.74, 6) is -0.457. The molecule has 29 heavy (non-hydrogen) atoms. The first kappa shape index (κ1) is 21.2. The zero-order valence-electron chi connectivity index (χ0n) is 17.8. The summed E-state index contributed by atoms with van der Waals surface area (Å²) in [7, 11) is 0. The minimum atomic E-state index is -0.377. The highest BCUT2D eigenvalue weighted by atomic mass is 16.5. The van der Waals surface area contributed by atoms with Crippen LogP contribution in [0.25, 0.3) is 0 Å². The number of amides is 1. The van der Waals surface area contributed by atoms with E-state index in [2.05, 4.69) is 5.32 Å². The summed E-state index contributed by atoms with van der Waals surface area (Å²) < 4.78 is 7.23. The number of rotatable bonds is 6. The topological polar surface area (TPSA) is 60.3 Å². The Hall–Kier alpha value is -2.56. The number of nitrogens with zero attached hydrogens (tertiary/aromatic N) is 1. The fraction of sp³-hybridized carbons (Fsp3) is 0.500. The average molecular weight is 397 g/mol. The van der Waals surface area contributed by atoms with Crippen LogP contribution >= 0.6 is 0 Å². The van der Waals surface area contributed by atoms with Gasteiger partial charge in [-0.1, -0.05) is 56.0 Å². The quantitative estimate of drug-likeness (QED) is 0.564. The molecule has 0 spiro atoms. The van der Waals surface area contributed by atoms with Gasteiger partial charge in [-0.25, -0.2) is 4.79 Å². The highest BCUT2D eigenvalue weighted by Crippen LogP contribution is 2.26. The second kappa shape index (κ2) is 9.77. The molecule has 0 aliphatic heterocycles. The van der Waals surface area contributed by atoms with Crippen molar-refractivity contribution in [1.82, 2.24) is 9.88 Å². The van der Waals surface area contributed by atoms with Gasteiger partial charge in [-0.05, 0) is 44.7 Å². The lowest BCUT2D eigenvalue weighted by atomic mass is 10.1. The van der Waals surface area contributed by atoms with Crippen LogP contribution in [0.15, 0.2) is 30.3 Å². The molecule has 5 nitrogen and oxygen atoms in total. The summed E-state index contributed by atoms with van der Waals surface area (Å²) in [6.07, 6.45) is 6.85. The second-order valence-corrected chi connectivity index (χ2v) is 7.89. The van der Waals surface area contributed by atoms with Gasteiger partial charge in [0.2, 0.25) is 0 Å². The molecule has 1 aliphatic carbocycles. The minimum absolute atomic E-state index is 0.0794. The van der Waals surface area contributed by atoms with E-state index < -0.39 is 0 Å². The fourth-order valence-electron chi connectivity index (χ4n) is 4.34. The Morgan fingerprint density at radius 2 is 1.72 bits per heavy atom. The number of carbonyl (C=O) groups is 2. The molecule has 0 bridgehead atoms. The van der Waals surface area contributed by atoms with E-state index in [0.29, 0.717) is 30.0 Å². The molecule has 0 radical (unpaired) electrons. The number of nitrogens with one attached hydrogen (secondary N) is 1. The van der Waals surface area contributed by atoms with Crippen LogP contribution in [0, 0.1) is 13.8 Å². The van der Waals surface area contributed by atoms with Gasteiger partial charge in [0.05, 0.1) is 12.2 Å². The Balaban J connectivity index is 1.95. The van der Waals surface area contributed by atoms with E-state index in [1.165, 1.54) is 12.8 Å². The molecule has 1 fully saturated rings. The molecular formula is C24H32N2O3. The van der Waals surface area contributed by atoms with Gasteiger partial charge in [-0.2, -0.15) is 0 Å². The molecule has 3 rings (SSSR count). The smallest absolute Gasteiger partial charge is 0.355 e. The lowest BCUT2D eigenvalue weighted by Crippen LogP contribution is -2.35. The molecule has 1 N–H and O–H groups in total. The SMILES string of the molecule is CCOC(=O)c1c(C)c(C(=O)NC2CCCCCC2)c(C)n1Cc1ccccc1. The maximum atomic E-state index is 13.2. The van der Waals surface area contributed by atoms with E-state index in [1.54, 1.807) is 6.92 Å². The molecule has 0 unspecified atom stereocenters. The van der Waals surface area contributed by atoms with Crippen LogP contribution in [0.5, 0.6) is 0 Å². The maximum Gasteiger partial charge on any atom is 0.355 e. The molecule has 1 aromatic carbocycles. The van der Waals surface area contributed by atoms with E-state index in [4.69, 9.17) is 4.74 Å².